The van der Waals surface area contributed by atoms with Gasteiger partial charge in [0.25, 0.3) is 0 Å². The first kappa shape index (κ1) is 15.0. The molecule has 0 heterocycles. The zero-order valence-corrected chi connectivity index (χ0v) is 12.5. The Morgan fingerprint density at radius 3 is 2.25 bits per heavy atom. The molecule has 3 heteroatoms. The van der Waals surface area contributed by atoms with Crippen LogP contribution in [-0.4, -0.2) is 0 Å². The summed E-state index contributed by atoms with van der Waals surface area (Å²) in [5, 5.41) is 0.143. The average molecular weight is 292 g/mol. The van der Waals surface area contributed by atoms with Crippen molar-refractivity contribution < 1.29 is 4.39 Å². The van der Waals surface area contributed by atoms with Crippen molar-refractivity contribution in [3.05, 3.63) is 70.0 Å². The molecular formula is C17H19ClFN. The number of halogens is 2. The summed E-state index contributed by atoms with van der Waals surface area (Å²) in [6.07, 6.45) is 0.438. The third-order valence-electron chi connectivity index (χ3n) is 3.50. The molecule has 0 radical (unpaired) electrons. The third-order valence-corrected chi connectivity index (χ3v) is 3.79. The predicted molar refractivity (Wildman–Crippen MR) is 82.6 cm³/mol. The van der Waals surface area contributed by atoms with Crippen LogP contribution in [0.5, 0.6) is 0 Å². The lowest BCUT2D eigenvalue weighted by atomic mass is 9.96. The Hall–Kier alpha value is -1.38. The Kier molecular flexibility index (Phi) is 4.79. The largest absolute Gasteiger partial charge is 0.324 e. The summed E-state index contributed by atoms with van der Waals surface area (Å²) in [6, 6.07) is 13.0. The lowest BCUT2D eigenvalue weighted by Gasteiger charge is -2.14. The highest BCUT2D eigenvalue weighted by Gasteiger charge is 2.12. The van der Waals surface area contributed by atoms with Gasteiger partial charge in [-0.15, -0.1) is 0 Å². The monoisotopic (exact) mass is 291 g/mol. The zero-order chi connectivity index (χ0) is 14.7. The van der Waals surface area contributed by atoms with E-state index in [9.17, 15) is 4.39 Å². The maximum Gasteiger partial charge on any atom is 0.145 e. The number of nitrogens with two attached hydrogens (primary N) is 1. The van der Waals surface area contributed by atoms with E-state index in [0.717, 1.165) is 5.56 Å². The van der Waals surface area contributed by atoms with Gasteiger partial charge >= 0.3 is 0 Å². The van der Waals surface area contributed by atoms with Gasteiger partial charge in [-0.3, -0.25) is 0 Å². The molecule has 0 spiro atoms. The fourth-order valence-corrected chi connectivity index (χ4v) is 2.38. The summed E-state index contributed by atoms with van der Waals surface area (Å²) in [7, 11) is 0. The van der Waals surface area contributed by atoms with E-state index < -0.39 is 0 Å². The predicted octanol–water partition coefficient (Wildman–Crippen LogP) is 4.85. The van der Waals surface area contributed by atoms with Crippen LogP contribution in [-0.2, 0) is 6.42 Å². The molecule has 2 rings (SSSR count). The maximum absolute atomic E-state index is 13.9. The number of benzene rings is 2. The number of rotatable bonds is 4. The fraction of sp³-hybridized carbons (Fsp3) is 0.294. The fourth-order valence-electron chi connectivity index (χ4n) is 2.19. The number of hydrogen-bond donors (Lipinski definition) is 1. The maximum atomic E-state index is 13.9. The van der Waals surface area contributed by atoms with Crippen molar-refractivity contribution in [1.82, 2.24) is 0 Å². The molecule has 106 valence electrons. The van der Waals surface area contributed by atoms with Gasteiger partial charge < -0.3 is 5.73 Å². The molecule has 2 aromatic rings. The molecule has 1 nitrogen and oxygen atoms in total. The Morgan fingerprint density at radius 2 is 1.65 bits per heavy atom. The quantitative estimate of drug-likeness (QED) is 0.856. The molecule has 1 atom stereocenters. The van der Waals surface area contributed by atoms with Gasteiger partial charge in [-0.25, -0.2) is 4.39 Å². The van der Waals surface area contributed by atoms with Crippen molar-refractivity contribution in [2.24, 2.45) is 5.73 Å². The van der Waals surface area contributed by atoms with E-state index in [0.29, 0.717) is 17.9 Å². The van der Waals surface area contributed by atoms with Crippen LogP contribution < -0.4 is 5.73 Å². The van der Waals surface area contributed by atoms with Gasteiger partial charge in [0.1, 0.15) is 5.82 Å². The van der Waals surface area contributed by atoms with E-state index in [1.165, 1.54) is 5.56 Å². The lowest BCUT2D eigenvalue weighted by Crippen LogP contribution is -2.14. The summed E-state index contributed by atoms with van der Waals surface area (Å²) >= 11 is 5.78. The molecule has 0 aromatic heterocycles. The van der Waals surface area contributed by atoms with Crippen molar-refractivity contribution >= 4 is 11.6 Å². The van der Waals surface area contributed by atoms with Crippen LogP contribution in [0.15, 0.2) is 42.5 Å². The van der Waals surface area contributed by atoms with E-state index in [1.54, 1.807) is 18.2 Å². The SMILES string of the molecule is CC(C)c1ccc(C(N)Cc2cccc(Cl)c2F)cc1. The minimum atomic E-state index is -0.372. The summed E-state index contributed by atoms with van der Waals surface area (Å²) in [4.78, 5) is 0. The Balaban J connectivity index is 2.15. The normalized spacial score (nSPS) is 12.7. The van der Waals surface area contributed by atoms with Gasteiger partial charge in [0.2, 0.25) is 0 Å². The van der Waals surface area contributed by atoms with Crippen LogP contribution >= 0.6 is 11.6 Å². The molecular weight excluding hydrogens is 273 g/mol. The lowest BCUT2D eigenvalue weighted by molar-refractivity contribution is 0.593. The van der Waals surface area contributed by atoms with Crippen molar-refractivity contribution in [1.29, 1.82) is 0 Å². The van der Waals surface area contributed by atoms with Crippen LogP contribution in [0.25, 0.3) is 0 Å². The van der Waals surface area contributed by atoms with Gasteiger partial charge in [-0.05, 0) is 35.1 Å². The van der Waals surface area contributed by atoms with Crippen LogP contribution in [0.3, 0.4) is 0 Å². The molecule has 0 aliphatic rings. The van der Waals surface area contributed by atoms with Gasteiger partial charge in [0.15, 0.2) is 0 Å². The minimum absolute atomic E-state index is 0.143. The second-order valence-corrected chi connectivity index (χ2v) is 5.75. The second-order valence-electron chi connectivity index (χ2n) is 5.34. The Bertz CT molecular complexity index is 578. The van der Waals surface area contributed by atoms with Crippen LogP contribution in [0.1, 0.15) is 42.5 Å². The molecule has 20 heavy (non-hydrogen) atoms. The van der Waals surface area contributed by atoms with Crippen molar-refractivity contribution in [2.75, 3.05) is 0 Å². The van der Waals surface area contributed by atoms with Gasteiger partial charge in [0.05, 0.1) is 5.02 Å². The second kappa shape index (κ2) is 6.38. The van der Waals surface area contributed by atoms with Gasteiger partial charge in [-0.1, -0.05) is 61.8 Å². The van der Waals surface area contributed by atoms with E-state index in [-0.39, 0.29) is 16.9 Å². The van der Waals surface area contributed by atoms with E-state index in [2.05, 4.69) is 26.0 Å². The number of hydrogen-bond acceptors (Lipinski definition) is 1. The molecule has 0 bridgehead atoms. The molecule has 0 saturated carbocycles. The minimum Gasteiger partial charge on any atom is -0.324 e. The highest BCUT2D eigenvalue weighted by molar-refractivity contribution is 6.30. The van der Waals surface area contributed by atoms with E-state index >= 15 is 0 Å². The smallest absolute Gasteiger partial charge is 0.145 e. The molecule has 0 fully saturated rings. The standard InChI is InChI=1S/C17H19ClFN/c1-11(2)12-6-8-13(9-7-12)16(20)10-14-4-3-5-15(18)17(14)19/h3-9,11,16H,10,20H2,1-2H3. The zero-order valence-electron chi connectivity index (χ0n) is 11.7. The first-order valence-electron chi connectivity index (χ1n) is 6.77. The van der Waals surface area contributed by atoms with Crippen LogP contribution in [0.2, 0.25) is 5.02 Å². The summed E-state index contributed by atoms with van der Waals surface area (Å²) in [6.45, 7) is 4.30. The average Bonchev–Trinajstić information content (AvgIpc) is 2.44. The van der Waals surface area contributed by atoms with Crippen molar-refractivity contribution in [3.63, 3.8) is 0 Å². The molecule has 0 amide bonds. The van der Waals surface area contributed by atoms with Crippen LogP contribution in [0.4, 0.5) is 4.39 Å². The summed E-state index contributed by atoms with van der Waals surface area (Å²) < 4.78 is 13.9. The molecule has 0 aliphatic heterocycles. The molecule has 1 unspecified atom stereocenters. The van der Waals surface area contributed by atoms with E-state index in [1.807, 2.05) is 12.1 Å². The van der Waals surface area contributed by atoms with Gasteiger partial charge in [-0.2, -0.15) is 0 Å². The molecule has 2 aromatic carbocycles. The van der Waals surface area contributed by atoms with E-state index in [4.69, 9.17) is 17.3 Å². The highest BCUT2D eigenvalue weighted by Crippen LogP contribution is 2.24. The molecule has 0 aliphatic carbocycles. The summed E-state index contributed by atoms with van der Waals surface area (Å²) in [5.41, 5.74) is 9.00. The first-order valence-corrected chi connectivity index (χ1v) is 7.15. The first-order chi connectivity index (χ1) is 9.49. The van der Waals surface area contributed by atoms with Crippen molar-refractivity contribution in [2.45, 2.75) is 32.2 Å². The Labute approximate surface area is 124 Å². The Morgan fingerprint density at radius 1 is 1.05 bits per heavy atom. The third kappa shape index (κ3) is 3.38. The topological polar surface area (TPSA) is 26.0 Å². The molecule has 2 N–H and O–H groups in total. The van der Waals surface area contributed by atoms with Crippen LogP contribution in [0, 0.1) is 5.82 Å². The van der Waals surface area contributed by atoms with Crippen molar-refractivity contribution in [3.8, 4) is 0 Å². The molecule has 0 saturated heterocycles. The summed E-state index contributed by atoms with van der Waals surface area (Å²) in [5.74, 6) is 0.120. The van der Waals surface area contributed by atoms with Gasteiger partial charge in [0, 0.05) is 6.04 Å². The highest BCUT2D eigenvalue weighted by atomic mass is 35.5.